The fourth-order valence-corrected chi connectivity index (χ4v) is 5.37. The van der Waals surface area contributed by atoms with Crippen molar-refractivity contribution >= 4 is 17.5 Å². The van der Waals surface area contributed by atoms with Crippen LogP contribution in [0.5, 0.6) is 5.75 Å². The number of methoxy groups -OCH3 is 1. The second-order valence-corrected chi connectivity index (χ2v) is 12.5. The summed E-state index contributed by atoms with van der Waals surface area (Å²) in [4.78, 5) is 14.3. The maximum absolute atomic E-state index is 13.1. The molecule has 0 radical (unpaired) electrons. The third kappa shape index (κ3) is 4.73. The molecule has 1 aliphatic heterocycles. The van der Waals surface area contributed by atoms with Crippen LogP contribution in [0.2, 0.25) is 0 Å². The molecular weight excluding hydrogens is 400 g/mol. The summed E-state index contributed by atoms with van der Waals surface area (Å²) in [6.45, 7) is 12.9. The average molecular weight is 437 g/mol. The maximum Gasteiger partial charge on any atom is 0.410 e. The van der Waals surface area contributed by atoms with E-state index < -0.39 is 17.0 Å². The first-order chi connectivity index (χ1) is 13.9. The highest BCUT2D eigenvalue weighted by Crippen LogP contribution is 2.55. The van der Waals surface area contributed by atoms with Crippen molar-refractivity contribution in [2.24, 2.45) is 5.41 Å². The minimum absolute atomic E-state index is 0.0792. The first-order valence-electron chi connectivity index (χ1n) is 10.7. The molecule has 7 heteroatoms. The van der Waals surface area contributed by atoms with Crippen molar-refractivity contribution in [1.29, 1.82) is 0 Å². The van der Waals surface area contributed by atoms with Gasteiger partial charge in [0.2, 0.25) is 0 Å². The Morgan fingerprint density at radius 1 is 1.20 bits per heavy atom. The van der Waals surface area contributed by atoms with Crippen molar-refractivity contribution in [3.8, 4) is 5.75 Å². The summed E-state index contributed by atoms with van der Waals surface area (Å²) in [5.74, 6) is 0.836. The Hall–Kier alpha value is -1.44. The Balaban J connectivity index is 1.86. The van der Waals surface area contributed by atoms with Crippen LogP contribution in [0.25, 0.3) is 0 Å². The number of benzene rings is 1. The molecule has 0 bridgehead atoms. The molecule has 1 aromatic rings. The van der Waals surface area contributed by atoms with E-state index in [0.29, 0.717) is 13.1 Å². The van der Waals surface area contributed by atoms with E-state index in [0.717, 1.165) is 30.6 Å². The van der Waals surface area contributed by atoms with E-state index in [1.807, 2.05) is 53.7 Å². The van der Waals surface area contributed by atoms with Gasteiger partial charge in [0.1, 0.15) is 16.1 Å². The molecule has 2 atom stereocenters. The van der Waals surface area contributed by atoms with Gasteiger partial charge in [0.15, 0.2) is 0 Å². The zero-order valence-electron chi connectivity index (χ0n) is 19.3. The van der Waals surface area contributed by atoms with Gasteiger partial charge < -0.3 is 18.9 Å². The predicted octanol–water partition coefficient (Wildman–Crippen LogP) is 4.36. The molecule has 1 saturated heterocycles. The molecule has 2 unspecified atom stereocenters. The van der Waals surface area contributed by atoms with Crippen LogP contribution in [0, 0.1) is 5.41 Å². The van der Waals surface area contributed by atoms with Crippen LogP contribution in [0.4, 0.5) is 4.79 Å². The minimum atomic E-state index is -1.21. The van der Waals surface area contributed by atoms with Crippen LogP contribution in [0.15, 0.2) is 18.2 Å². The van der Waals surface area contributed by atoms with Crippen LogP contribution in [-0.4, -0.2) is 46.1 Å². The van der Waals surface area contributed by atoms with E-state index in [1.54, 1.807) is 12.0 Å². The Labute approximate surface area is 184 Å². The lowest BCUT2D eigenvalue weighted by molar-refractivity contribution is 0.00709. The molecule has 3 rings (SSSR count). The number of nitrogens with one attached hydrogen (secondary N) is 1. The molecule has 1 aromatic carbocycles. The first kappa shape index (κ1) is 23.2. The molecule has 1 N–H and O–H groups in total. The predicted molar refractivity (Wildman–Crippen MR) is 120 cm³/mol. The summed E-state index contributed by atoms with van der Waals surface area (Å²) in [6, 6.07) is 6.05. The van der Waals surface area contributed by atoms with Gasteiger partial charge in [-0.05, 0) is 72.4 Å². The van der Waals surface area contributed by atoms with Crippen LogP contribution in [0.3, 0.4) is 0 Å². The van der Waals surface area contributed by atoms with Gasteiger partial charge in [0, 0.05) is 35.4 Å². The smallest absolute Gasteiger partial charge is 0.410 e. The number of rotatable bonds is 3. The SMILES string of the molecule is COc1cccc2c1C(N[S+]([O-])C(C)(C)C)C1(CCN(C(=O)OC(C)(C)C)CC1)C2. The lowest BCUT2D eigenvalue weighted by Crippen LogP contribution is -2.51. The zero-order chi connectivity index (χ0) is 22.3. The van der Waals surface area contributed by atoms with E-state index in [4.69, 9.17) is 9.47 Å². The molecule has 0 saturated carbocycles. The summed E-state index contributed by atoms with van der Waals surface area (Å²) in [5.41, 5.74) is 1.75. The van der Waals surface area contributed by atoms with Gasteiger partial charge in [-0.2, -0.15) is 0 Å². The second-order valence-electron chi connectivity index (χ2n) is 10.5. The molecule has 168 valence electrons. The number of amides is 1. The molecule has 1 heterocycles. The Kier molecular flexibility index (Phi) is 6.38. The van der Waals surface area contributed by atoms with E-state index >= 15 is 0 Å². The summed E-state index contributed by atoms with van der Waals surface area (Å²) in [7, 11) is 1.68. The van der Waals surface area contributed by atoms with Crippen molar-refractivity contribution in [2.45, 2.75) is 77.2 Å². The third-order valence-electron chi connectivity index (χ3n) is 6.01. The highest BCUT2D eigenvalue weighted by Gasteiger charge is 2.52. The summed E-state index contributed by atoms with van der Waals surface area (Å²) >= 11 is -1.21. The number of fused-ring (bicyclic) bond motifs is 1. The molecule has 2 aliphatic rings. The number of nitrogens with zero attached hydrogens (tertiary/aromatic N) is 1. The lowest BCUT2D eigenvalue weighted by atomic mass is 9.73. The van der Waals surface area contributed by atoms with Crippen LogP contribution < -0.4 is 9.46 Å². The Bertz CT molecular complexity index is 776. The quantitative estimate of drug-likeness (QED) is 0.713. The first-order valence-corrected chi connectivity index (χ1v) is 11.8. The number of hydrogen-bond acceptors (Lipinski definition) is 5. The summed E-state index contributed by atoms with van der Waals surface area (Å²) < 4.78 is 27.4. The molecule has 1 spiro atoms. The lowest BCUT2D eigenvalue weighted by Gasteiger charge is -2.44. The molecule has 30 heavy (non-hydrogen) atoms. The number of likely N-dealkylation sites (tertiary alicyclic amines) is 1. The second kappa shape index (κ2) is 8.24. The summed E-state index contributed by atoms with van der Waals surface area (Å²) in [5, 5.41) is 0. The van der Waals surface area contributed by atoms with Gasteiger partial charge in [-0.1, -0.05) is 12.1 Å². The number of ether oxygens (including phenoxy) is 2. The fraction of sp³-hybridized carbons (Fsp3) is 0.696. The number of carbonyl (C=O) groups is 1. The largest absolute Gasteiger partial charge is 0.598 e. The zero-order valence-corrected chi connectivity index (χ0v) is 20.1. The molecular formula is C23H36N2O4S. The maximum atomic E-state index is 13.1. The van der Waals surface area contributed by atoms with Gasteiger partial charge in [0.05, 0.1) is 13.2 Å². The van der Waals surface area contributed by atoms with E-state index in [9.17, 15) is 9.35 Å². The molecule has 0 aromatic heterocycles. The fourth-order valence-electron chi connectivity index (χ4n) is 4.43. The number of hydrogen-bond donors (Lipinski definition) is 1. The summed E-state index contributed by atoms with van der Waals surface area (Å²) in [6.07, 6.45) is 2.28. The monoisotopic (exact) mass is 436 g/mol. The van der Waals surface area contributed by atoms with Crippen molar-refractivity contribution in [1.82, 2.24) is 9.62 Å². The van der Waals surface area contributed by atoms with Crippen molar-refractivity contribution in [2.75, 3.05) is 20.2 Å². The van der Waals surface area contributed by atoms with Crippen LogP contribution in [0.1, 0.15) is 71.6 Å². The minimum Gasteiger partial charge on any atom is -0.598 e. The highest BCUT2D eigenvalue weighted by atomic mass is 32.2. The molecule has 6 nitrogen and oxygen atoms in total. The molecule has 1 aliphatic carbocycles. The molecule has 1 fully saturated rings. The van der Waals surface area contributed by atoms with Crippen LogP contribution in [-0.2, 0) is 22.5 Å². The van der Waals surface area contributed by atoms with Crippen molar-refractivity contribution < 1.29 is 18.8 Å². The normalized spacial score (nSPS) is 22.0. The average Bonchev–Trinajstić information content (AvgIpc) is 2.93. The van der Waals surface area contributed by atoms with Gasteiger partial charge >= 0.3 is 6.09 Å². The van der Waals surface area contributed by atoms with Gasteiger partial charge in [-0.3, -0.25) is 0 Å². The van der Waals surface area contributed by atoms with E-state index in [2.05, 4.69) is 10.8 Å². The van der Waals surface area contributed by atoms with Gasteiger partial charge in [0.25, 0.3) is 0 Å². The Morgan fingerprint density at radius 2 is 1.83 bits per heavy atom. The van der Waals surface area contributed by atoms with Crippen molar-refractivity contribution in [3.63, 3.8) is 0 Å². The standard InChI is InChI=1S/C23H36N2O4S/c1-21(2,3)29-20(26)25-13-11-23(12-14-25)15-16-9-8-10-17(28-7)18(16)19(23)24-30(27)22(4,5)6/h8-10,19,24H,11-15H2,1-7H3. The van der Waals surface area contributed by atoms with E-state index in [-0.39, 0.29) is 22.3 Å². The van der Waals surface area contributed by atoms with Crippen molar-refractivity contribution in [3.05, 3.63) is 29.3 Å². The Morgan fingerprint density at radius 3 is 2.37 bits per heavy atom. The van der Waals surface area contributed by atoms with Gasteiger partial charge in [-0.25, -0.2) is 4.79 Å². The number of piperidine rings is 1. The highest BCUT2D eigenvalue weighted by molar-refractivity contribution is 7.90. The van der Waals surface area contributed by atoms with Gasteiger partial charge in [-0.15, -0.1) is 4.72 Å². The number of carbonyl (C=O) groups excluding carboxylic acids is 1. The topological polar surface area (TPSA) is 73.9 Å². The van der Waals surface area contributed by atoms with E-state index in [1.165, 1.54) is 5.56 Å². The molecule has 1 amide bonds. The van der Waals surface area contributed by atoms with Crippen LogP contribution >= 0.6 is 0 Å². The third-order valence-corrected chi connectivity index (χ3v) is 7.57.